The topological polar surface area (TPSA) is 78.1 Å². The van der Waals surface area contributed by atoms with Gasteiger partial charge in [0.05, 0.1) is 6.61 Å². The summed E-state index contributed by atoms with van der Waals surface area (Å²) in [4.78, 5) is 18.4. The third kappa shape index (κ3) is 2.55. The number of nitrogens with zero attached hydrogens (tertiary/aromatic N) is 2. The van der Waals surface area contributed by atoms with E-state index < -0.39 is 5.97 Å². The van der Waals surface area contributed by atoms with Crippen molar-refractivity contribution >= 4 is 23.4 Å². The summed E-state index contributed by atoms with van der Waals surface area (Å²) >= 11 is 5.48. The van der Waals surface area contributed by atoms with Gasteiger partial charge < -0.3 is 10.5 Å². The molecule has 70 valence electrons. The van der Waals surface area contributed by atoms with E-state index in [1.165, 1.54) is 6.07 Å². The van der Waals surface area contributed by atoms with E-state index >= 15 is 0 Å². The van der Waals surface area contributed by atoms with Crippen LogP contribution in [0.15, 0.2) is 6.07 Å². The van der Waals surface area contributed by atoms with E-state index in [2.05, 4.69) is 9.97 Å². The van der Waals surface area contributed by atoms with Crippen LogP contribution in [0.4, 0.5) is 5.82 Å². The van der Waals surface area contributed by atoms with Gasteiger partial charge in [-0.3, -0.25) is 0 Å². The van der Waals surface area contributed by atoms with E-state index in [0.29, 0.717) is 0 Å². The number of carbonyl (C=O) groups excluding carboxylic acids is 1. The number of ether oxygens (including phenoxy) is 1. The molecule has 0 atom stereocenters. The molecule has 0 aliphatic carbocycles. The molecule has 0 radical (unpaired) electrons. The van der Waals surface area contributed by atoms with Crippen molar-refractivity contribution in [2.75, 3.05) is 12.3 Å². The molecule has 6 heteroatoms. The van der Waals surface area contributed by atoms with Gasteiger partial charge in [0.15, 0.2) is 5.69 Å². The summed E-state index contributed by atoms with van der Waals surface area (Å²) in [7, 11) is 0. The zero-order valence-electron chi connectivity index (χ0n) is 6.95. The second kappa shape index (κ2) is 4.04. The number of hydrogen-bond donors (Lipinski definition) is 1. The van der Waals surface area contributed by atoms with Crippen molar-refractivity contribution in [2.45, 2.75) is 6.92 Å². The normalized spacial score (nSPS) is 9.69. The van der Waals surface area contributed by atoms with Gasteiger partial charge in [-0.2, -0.15) is 0 Å². The fourth-order valence-electron chi connectivity index (χ4n) is 0.745. The van der Waals surface area contributed by atoms with Gasteiger partial charge in [-0.05, 0) is 18.5 Å². The molecule has 1 aromatic heterocycles. The maximum atomic E-state index is 11.1. The third-order valence-corrected chi connectivity index (χ3v) is 1.37. The van der Waals surface area contributed by atoms with Crippen LogP contribution in [0.25, 0.3) is 0 Å². The maximum absolute atomic E-state index is 11.1. The van der Waals surface area contributed by atoms with E-state index in [9.17, 15) is 4.79 Å². The zero-order chi connectivity index (χ0) is 9.84. The van der Waals surface area contributed by atoms with Gasteiger partial charge in [0.1, 0.15) is 5.82 Å². The van der Waals surface area contributed by atoms with Crippen molar-refractivity contribution in [2.24, 2.45) is 0 Å². The number of carbonyl (C=O) groups is 1. The predicted octanol–water partition coefficient (Wildman–Crippen LogP) is 0.889. The summed E-state index contributed by atoms with van der Waals surface area (Å²) in [6, 6.07) is 1.31. The van der Waals surface area contributed by atoms with Crippen molar-refractivity contribution in [3.05, 3.63) is 17.0 Å². The van der Waals surface area contributed by atoms with E-state index in [0.717, 1.165) is 0 Å². The molecule has 5 nitrogen and oxygen atoms in total. The lowest BCUT2D eigenvalue weighted by Gasteiger charge is -2.01. The minimum atomic E-state index is -0.557. The Morgan fingerprint density at radius 3 is 2.92 bits per heavy atom. The number of nitrogens with two attached hydrogens (primary N) is 1. The molecular formula is C7H8ClN3O2. The van der Waals surface area contributed by atoms with Gasteiger partial charge in [-0.25, -0.2) is 14.8 Å². The number of aromatic nitrogens is 2. The Bertz CT molecular complexity index is 309. The molecule has 0 amide bonds. The fraction of sp³-hybridized carbons (Fsp3) is 0.286. The summed E-state index contributed by atoms with van der Waals surface area (Å²) in [6.07, 6.45) is 0. The molecule has 2 N–H and O–H groups in total. The lowest BCUT2D eigenvalue weighted by molar-refractivity contribution is 0.0519. The molecule has 0 saturated heterocycles. The second-order valence-corrected chi connectivity index (χ2v) is 2.51. The van der Waals surface area contributed by atoms with Crippen molar-refractivity contribution in [3.8, 4) is 0 Å². The minimum absolute atomic E-state index is 0.0666. The summed E-state index contributed by atoms with van der Waals surface area (Å²) in [5, 5.41) is -0.0666. The molecule has 0 bridgehead atoms. The highest BCUT2D eigenvalue weighted by molar-refractivity contribution is 6.28. The van der Waals surface area contributed by atoms with E-state index in [1.54, 1.807) is 6.92 Å². The molecule has 0 aromatic carbocycles. The van der Waals surface area contributed by atoms with Gasteiger partial charge in [-0.15, -0.1) is 0 Å². The Balaban J connectivity index is 2.94. The molecule has 0 unspecified atom stereocenters. The average molecular weight is 202 g/mol. The Morgan fingerprint density at radius 2 is 2.38 bits per heavy atom. The van der Waals surface area contributed by atoms with Gasteiger partial charge in [-0.1, -0.05) is 0 Å². The minimum Gasteiger partial charge on any atom is -0.461 e. The number of hydrogen-bond acceptors (Lipinski definition) is 5. The lowest BCUT2D eigenvalue weighted by Crippen LogP contribution is -2.08. The van der Waals surface area contributed by atoms with Crippen LogP contribution < -0.4 is 5.73 Å². The molecular weight excluding hydrogens is 194 g/mol. The smallest absolute Gasteiger partial charge is 0.357 e. The quantitative estimate of drug-likeness (QED) is 0.568. The second-order valence-electron chi connectivity index (χ2n) is 2.17. The number of anilines is 1. The van der Waals surface area contributed by atoms with Crippen LogP contribution in [0.2, 0.25) is 5.28 Å². The standard InChI is InChI=1S/C7H8ClN3O2/c1-2-13-6(12)4-3-5(9)11-7(8)10-4/h3H,2H2,1H3,(H2,9,10,11). The Hall–Kier alpha value is -1.36. The highest BCUT2D eigenvalue weighted by Crippen LogP contribution is 2.08. The van der Waals surface area contributed by atoms with Gasteiger partial charge in [0.2, 0.25) is 5.28 Å². The molecule has 0 aliphatic rings. The van der Waals surface area contributed by atoms with Gasteiger partial charge >= 0.3 is 5.97 Å². The summed E-state index contributed by atoms with van der Waals surface area (Å²) in [5.74, 6) is -0.415. The summed E-state index contributed by atoms with van der Waals surface area (Å²) in [6.45, 7) is 1.98. The molecule has 0 fully saturated rings. The van der Waals surface area contributed by atoms with Crippen molar-refractivity contribution < 1.29 is 9.53 Å². The SMILES string of the molecule is CCOC(=O)c1cc(N)nc(Cl)n1. The molecule has 1 heterocycles. The van der Waals surface area contributed by atoms with Gasteiger partial charge in [0, 0.05) is 6.07 Å². The monoisotopic (exact) mass is 201 g/mol. The number of rotatable bonds is 2. The molecule has 1 rings (SSSR count). The molecule has 0 spiro atoms. The first kappa shape index (κ1) is 9.73. The molecule has 13 heavy (non-hydrogen) atoms. The van der Waals surface area contributed by atoms with Crippen molar-refractivity contribution in [3.63, 3.8) is 0 Å². The van der Waals surface area contributed by atoms with Crippen LogP contribution in [-0.2, 0) is 4.74 Å². The summed E-state index contributed by atoms with van der Waals surface area (Å²) in [5.41, 5.74) is 5.42. The van der Waals surface area contributed by atoms with Crippen LogP contribution in [-0.4, -0.2) is 22.5 Å². The van der Waals surface area contributed by atoms with E-state index in [1.807, 2.05) is 0 Å². The highest BCUT2D eigenvalue weighted by atomic mass is 35.5. The van der Waals surface area contributed by atoms with Gasteiger partial charge in [0.25, 0.3) is 0 Å². The van der Waals surface area contributed by atoms with Crippen LogP contribution in [0.3, 0.4) is 0 Å². The van der Waals surface area contributed by atoms with Crippen molar-refractivity contribution in [1.82, 2.24) is 9.97 Å². The van der Waals surface area contributed by atoms with E-state index in [4.69, 9.17) is 22.1 Å². The largest absolute Gasteiger partial charge is 0.461 e. The van der Waals surface area contributed by atoms with Crippen LogP contribution in [0.1, 0.15) is 17.4 Å². The van der Waals surface area contributed by atoms with Crippen LogP contribution in [0.5, 0.6) is 0 Å². The summed E-state index contributed by atoms with van der Waals surface area (Å²) < 4.78 is 4.69. The Labute approximate surface area is 79.9 Å². The predicted molar refractivity (Wildman–Crippen MR) is 47.4 cm³/mol. The average Bonchev–Trinajstić information content (AvgIpc) is 2.03. The van der Waals surface area contributed by atoms with Crippen LogP contribution >= 0.6 is 11.6 Å². The molecule has 1 aromatic rings. The first-order valence-electron chi connectivity index (χ1n) is 3.60. The fourth-order valence-corrected chi connectivity index (χ4v) is 0.934. The number of nitrogen functional groups attached to an aromatic ring is 1. The van der Waals surface area contributed by atoms with Crippen molar-refractivity contribution in [1.29, 1.82) is 0 Å². The first-order valence-corrected chi connectivity index (χ1v) is 3.98. The third-order valence-electron chi connectivity index (χ3n) is 1.20. The zero-order valence-corrected chi connectivity index (χ0v) is 7.71. The Kier molecular flexibility index (Phi) is 3.02. The highest BCUT2D eigenvalue weighted by Gasteiger charge is 2.10. The van der Waals surface area contributed by atoms with E-state index in [-0.39, 0.29) is 23.4 Å². The number of halogens is 1. The number of esters is 1. The van der Waals surface area contributed by atoms with Crippen LogP contribution in [0, 0.1) is 0 Å². The lowest BCUT2D eigenvalue weighted by atomic mass is 10.4. The first-order chi connectivity index (χ1) is 6.13. The molecule has 0 aliphatic heterocycles. The molecule has 0 saturated carbocycles. The Morgan fingerprint density at radius 1 is 1.69 bits per heavy atom. The maximum Gasteiger partial charge on any atom is 0.357 e.